The normalized spacial score (nSPS) is 20.4. The van der Waals surface area contributed by atoms with Crippen LogP contribution in [-0.2, 0) is 6.50 Å². The van der Waals surface area contributed by atoms with Gasteiger partial charge in [-0.15, -0.1) is 0 Å². The van der Waals surface area contributed by atoms with Gasteiger partial charge in [-0.05, 0) is 35.7 Å². The van der Waals surface area contributed by atoms with Crippen LogP contribution in [0.15, 0.2) is 78.9 Å². The van der Waals surface area contributed by atoms with E-state index in [2.05, 4.69) is 17.0 Å². The van der Waals surface area contributed by atoms with Crippen molar-refractivity contribution in [1.82, 2.24) is 9.80 Å². The van der Waals surface area contributed by atoms with Crippen LogP contribution in [0, 0.1) is 6.85 Å². The van der Waals surface area contributed by atoms with Gasteiger partial charge in [0.2, 0.25) is 0 Å². The lowest BCUT2D eigenvalue weighted by Crippen LogP contribution is -2.47. The molecular weight excluding hydrogens is 364 g/mol. The summed E-state index contributed by atoms with van der Waals surface area (Å²) in [5, 5.41) is 0.697. The standard InChI is InChI=1S/C25H27ClN2/c1-20-6-5-7-21(18-20)19-27-14-16-28(17-15-27)25(22-8-3-2-4-9-22)23-10-12-24(26)13-11-23/h2-13,18,25H,14-17,19H2,1H3/i1D3,19D2. The Morgan fingerprint density at radius 1 is 0.893 bits per heavy atom. The van der Waals surface area contributed by atoms with E-state index in [0.29, 0.717) is 36.8 Å². The smallest absolute Gasteiger partial charge is 0.0602 e. The van der Waals surface area contributed by atoms with Crippen LogP contribution < -0.4 is 0 Å². The van der Waals surface area contributed by atoms with E-state index in [-0.39, 0.29) is 11.6 Å². The first-order valence-corrected chi connectivity index (χ1v) is 9.94. The summed E-state index contributed by atoms with van der Waals surface area (Å²) in [5.74, 6) is 0. The van der Waals surface area contributed by atoms with Crippen molar-refractivity contribution in [1.29, 1.82) is 0 Å². The number of rotatable bonds is 5. The lowest BCUT2D eigenvalue weighted by molar-refractivity contribution is 0.105. The molecule has 1 aliphatic rings. The van der Waals surface area contributed by atoms with E-state index in [9.17, 15) is 0 Å². The molecule has 1 aliphatic heterocycles. The number of nitrogens with zero attached hydrogens (tertiary/aromatic N) is 2. The molecule has 1 saturated heterocycles. The van der Waals surface area contributed by atoms with Crippen LogP contribution in [0.3, 0.4) is 0 Å². The van der Waals surface area contributed by atoms with Gasteiger partial charge in [0.1, 0.15) is 0 Å². The molecule has 0 saturated carbocycles. The van der Waals surface area contributed by atoms with Gasteiger partial charge in [-0.3, -0.25) is 9.80 Å². The minimum Gasteiger partial charge on any atom is -0.297 e. The first-order valence-electron chi connectivity index (χ1n) is 12.1. The molecule has 28 heavy (non-hydrogen) atoms. The van der Waals surface area contributed by atoms with Gasteiger partial charge in [0.25, 0.3) is 0 Å². The van der Waals surface area contributed by atoms with E-state index in [1.165, 1.54) is 17.7 Å². The predicted molar refractivity (Wildman–Crippen MR) is 118 cm³/mol. The van der Waals surface area contributed by atoms with Crippen molar-refractivity contribution in [2.24, 2.45) is 0 Å². The number of aryl methyl sites for hydroxylation is 1. The van der Waals surface area contributed by atoms with Crippen molar-refractivity contribution < 1.29 is 6.85 Å². The quantitative estimate of drug-likeness (QED) is 0.558. The van der Waals surface area contributed by atoms with Gasteiger partial charge >= 0.3 is 0 Å². The van der Waals surface area contributed by atoms with E-state index < -0.39 is 13.3 Å². The fraction of sp³-hybridized carbons (Fsp3) is 0.280. The van der Waals surface area contributed by atoms with Gasteiger partial charge in [-0.2, -0.15) is 0 Å². The van der Waals surface area contributed by atoms with Crippen molar-refractivity contribution in [2.45, 2.75) is 19.4 Å². The van der Waals surface area contributed by atoms with E-state index in [0.717, 1.165) is 5.56 Å². The molecule has 0 spiro atoms. The van der Waals surface area contributed by atoms with Crippen molar-refractivity contribution in [2.75, 3.05) is 26.2 Å². The van der Waals surface area contributed by atoms with Crippen molar-refractivity contribution in [3.8, 4) is 0 Å². The monoisotopic (exact) mass is 395 g/mol. The van der Waals surface area contributed by atoms with Crippen LogP contribution >= 0.6 is 11.6 Å². The SMILES string of the molecule is [2H]C([2H])([2H])c1cccc(C([2H])([2H])N2CCN(C(c3ccccc3)c3ccc(Cl)cc3)CC2)c1. The Morgan fingerprint density at radius 2 is 1.61 bits per heavy atom. The molecule has 0 aromatic heterocycles. The molecule has 1 fully saturated rings. The third-order valence-electron chi connectivity index (χ3n) is 5.13. The Kier molecular flexibility index (Phi) is 4.44. The van der Waals surface area contributed by atoms with Gasteiger partial charge in [0, 0.05) is 44.6 Å². The van der Waals surface area contributed by atoms with Crippen LogP contribution in [-0.4, -0.2) is 36.0 Å². The first-order chi connectivity index (χ1) is 15.7. The summed E-state index contributed by atoms with van der Waals surface area (Å²) in [6, 6.07) is 24.5. The number of benzene rings is 3. The lowest BCUT2D eigenvalue weighted by atomic mass is 9.96. The minimum atomic E-state index is -2.26. The number of piperazine rings is 1. The summed E-state index contributed by atoms with van der Waals surface area (Å²) < 4.78 is 40.5. The fourth-order valence-electron chi connectivity index (χ4n) is 3.76. The zero-order chi connectivity index (χ0) is 23.6. The molecule has 3 heteroatoms. The topological polar surface area (TPSA) is 6.48 Å². The van der Waals surface area contributed by atoms with Crippen molar-refractivity contribution in [3.05, 3.63) is 106 Å². The van der Waals surface area contributed by atoms with Crippen LogP contribution in [0.4, 0.5) is 0 Å². The number of hydrogen-bond donors (Lipinski definition) is 0. The second-order valence-electron chi connectivity index (χ2n) is 7.08. The highest BCUT2D eigenvalue weighted by Gasteiger charge is 2.26. The highest BCUT2D eigenvalue weighted by atomic mass is 35.5. The first kappa shape index (κ1) is 13.9. The van der Waals surface area contributed by atoms with Gasteiger partial charge in [0.05, 0.1) is 6.04 Å². The van der Waals surface area contributed by atoms with Crippen molar-refractivity contribution >= 4 is 11.6 Å². The molecular formula is C25H27ClN2. The zero-order valence-electron chi connectivity index (χ0n) is 20.7. The Bertz CT molecular complexity index is 1060. The summed E-state index contributed by atoms with van der Waals surface area (Å²) >= 11 is 6.12. The molecule has 1 unspecified atom stereocenters. The molecule has 0 amide bonds. The summed E-state index contributed by atoms with van der Waals surface area (Å²) in [7, 11) is 0. The van der Waals surface area contributed by atoms with Gasteiger partial charge < -0.3 is 0 Å². The maximum Gasteiger partial charge on any atom is 0.0602 e. The molecule has 1 heterocycles. The highest BCUT2D eigenvalue weighted by molar-refractivity contribution is 6.30. The Balaban J connectivity index is 1.54. The third kappa shape index (κ3) is 4.64. The van der Waals surface area contributed by atoms with E-state index in [4.69, 9.17) is 18.5 Å². The second kappa shape index (κ2) is 8.91. The average molecular weight is 396 g/mol. The lowest BCUT2D eigenvalue weighted by Gasteiger charge is -2.40. The van der Waals surface area contributed by atoms with Gasteiger partial charge in [-0.25, -0.2) is 0 Å². The van der Waals surface area contributed by atoms with Crippen LogP contribution in [0.25, 0.3) is 0 Å². The molecule has 1 atom stereocenters. The van der Waals surface area contributed by atoms with Crippen molar-refractivity contribution in [3.63, 3.8) is 0 Å². The molecule has 0 aliphatic carbocycles. The van der Waals surface area contributed by atoms with E-state index in [1.807, 2.05) is 42.5 Å². The molecule has 2 nitrogen and oxygen atoms in total. The highest BCUT2D eigenvalue weighted by Crippen LogP contribution is 2.30. The van der Waals surface area contributed by atoms with Crippen LogP contribution in [0.2, 0.25) is 5.02 Å². The Hall–Kier alpha value is -2.13. The maximum absolute atomic E-state index is 8.76. The number of hydrogen-bond acceptors (Lipinski definition) is 2. The summed E-state index contributed by atoms with van der Waals surface area (Å²) in [4.78, 5) is 4.16. The summed E-state index contributed by atoms with van der Waals surface area (Å²) in [6.45, 7) is -1.59. The Labute approximate surface area is 180 Å². The minimum absolute atomic E-state index is 0.0513. The molecule has 0 radical (unpaired) electrons. The van der Waals surface area contributed by atoms with Gasteiger partial charge in [-0.1, -0.05) is 83.9 Å². The average Bonchev–Trinajstić information content (AvgIpc) is 2.81. The predicted octanol–water partition coefficient (Wildman–Crippen LogP) is 5.56. The molecule has 3 aromatic rings. The zero-order valence-corrected chi connectivity index (χ0v) is 16.4. The number of halogens is 1. The largest absolute Gasteiger partial charge is 0.297 e. The molecule has 0 N–H and O–H groups in total. The third-order valence-corrected chi connectivity index (χ3v) is 5.38. The second-order valence-corrected chi connectivity index (χ2v) is 7.52. The van der Waals surface area contributed by atoms with E-state index >= 15 is 0 Å². The van der Waals surface area contributed by atoms with E-state index in [1.54, 1.807) is 17.0 Å². The van der Waals surface area contributed by atoms with Crippen LogP contribution in [0.5, 0.6) is 0 Å². The summed E-state index contributed by atoms with van der Waals surface area (Å²) in [6.07, 6.45) is 0. The molecule has 144 valence electrons. The molecule has 3 aromatic carbocycles. The maximum atomic E-state index is 8.76. The Morgan fingerprint density at radius 3 is 2.32 bits per heavy atom. The molecule has 0 bridgehead atoms. The van der Waals surface area contributed by atoms with Gasteiger partial charge in [0.15, 0.2) is 0 Å². The van der Waals surface area contributed by atoms with Crippen LogP contribution in [0.1, 0.15) is 35.1 Å². The fourth-order valence-corrected chi connectivity index (χ4v) is 3.88. The molecule has 4 rings (SSSR count). The summed E-state index contributed by atoms with van der Waals surface area (Å²) in [5.41, 5.74) is 2.87.